The number of carboxylic acid groups (broad SMARTS) is 2. The molecule has 0 aromatic rings. The Balaban J connectivity index is 4.52. The molecule has 0 aliphatic carbocycles. The number of amides is 1. The van der Waals surface area contributed by atoms with Crippen LogP contribution >= 0.6 is 0 Å². The summed E-state index contributed by atoms with van der Waals surface area (Å²) in [4.78, 5) is 34.1. The molecule has 1 unspecified atom stereocenters. The van der Waals surface area contributed by atoms with Gasteiger partial charge in [0.1, 0.15) is 6.54 Å². The molecule has 0 radical (unpaired) electrons. The van der Waals surface area contributed by atoms with Gasteiger partial charge in [0.15, 0.2) is 0 Å². The zero-order valence-corrected chi connectivity index (χ0v) is 10.6. The number of rotatable bonds is 8. The summed E-state index contributed by atoms with van der Waals surface area (Å²) in [6.45, 7) is 3.57. The van der Waals surface area contributed by atoms with Crippen LogP contribution in [0, 0.1) is 5.92 Å². The topological polar surface area (TPSA) is 121 Å². The van der Waals surface area contributed by atoms with Crippen molar-refractivity contribution in [3.63, 3.8) is 0 Å². The molecule has 0 aliphatic heterocycles. The summed E-state index contributed by atoms with van der Waals surface area (Å²) >= 11 is 0. The predicted molar refractivity (Wildman–Crippen MR) is 63.9 cm³/mol. The fraction of sp³-hybridized carbons (Fsp3) is 0.727. The van der Waals surface area contributed by atoms with E-state index in [4.69, 9.17) is 15.9 Å². The third-order valence-electron chi connectivity index (χ3n) is 2.21. The summed E-state index contributed by atoms with van der Waals surface area (Å²) in [7, 11) is 0. The van der Waals surface area contributed by atoms with Gasteiger partial charge in [-0.2, -0.15) is 0 Å². The van der Waals surface area contributed by atoms with Gasteiger partial charge in [-0.1, -0.05) is 13.8 Å². The molecule has 0 aliphatic rings. The number of nitrogens with zero attached hydrogens (tertiary/aromatic N) is 1. The number of nitrogens with two attached hydrogens (primary N) is 1. The molecule has 0 saturated carbocycles. The lowest BCUT2D eigenvalue weighted by molar-refractivity contribution is -0.145. The Bertz CT molecular complexity index is 317. The van der Waals surface area contributed by atoms with Gasteiger partial charge in [-0.3, -0.25) is 14.4 Å². The highest BCUT2D eigenvalue weighted by atomic mass is 16.4. The van der Waals surface area contributed by atoms with Crippen LogP contribution in [-0.2, 0) is 14.4 Å². The predicted octanol–water partition coefficient (Wildman–Crippen LogP) is -0.252. The minimum Gasteiger partial charge on any atom is -0.481 e. The van der Waals surface area contributed by atoms with Crippen molar-refractivity contribution >= 4 is 17.8 Å². The maximum Gasteiger partial charge on any atom is 0.323 e. The number of carbonyl (C=O) groups is 3. The summed E-state index contributed by atoms with van der Waals surface area (Å²) in [5.74, 6) is -2.56. The van der Waals surface area contributed by atoms with Crippen LogP contribution in [0.3, 0.4) is 0 Å². The van der Waals surface area contributed by atoms with Gasteiger partial charge in [-0.05, 0) is 12.3 Å². The van der Waals surface area contributed by atoms with Gasteiger partial charge in [0.25, 0.3) is 0 Å². The molecule has 104 valence electrons. The minimum absolute atomic E-state index is 0.00236. The third-order valence-corrected chi connectivity index (χ3v) is 2.21. The molecule has 1 atom stereocenters. The average Bonchev–Trinajstić information content (AvgIpc) is 2.22. The van der Waals surface area contributed by atoms with Gasteiger partial charge in [0, 0.05) is 13.0 Å². The highest BCUT2D eigenvalue weighted by Crippen LogP contribution is 2.04. The fourth-order valence-corrected chi connectivity index (χ4v) is 1.47. The van der Waals surface area contributed by atoms with E-state index in [-0.39, 0.29) is 25.3 Å². The highest BCUT2D eigenvalue weighted by molar-refractivity contribution is 5.85. The summed E-state index contributed by atoms with van der Waals surface area (Å²) in [6, 6.07) is -0.973. The first-order valence-corrected chi connectivity index (χ1v) is 5.72. The van der Waals surface area contributed by atoms with Crippen molar-refractivity contribution in [1.29, 1.82) is 0 Å². The van der Waals surface area contributed by atoms with Crippen molar-refractivity contribution in [2.45, 2.75) is 32.7 Å². The van der Waals surface area contributed by atoms with Gasteiger partial charge < -0.3 is 20.8 Å². The van der Waals surface area contributed by atoms with E-state index in [2.05, 4.69) is 0 Å². The largest absolute Gasteiger partial charge is 0.481 e. The van der Waals surface area contributed by atoms with Crippen LogP contribution in [-0.4, -0.2) is 52.1 Å². The lowest BCUT2D eigenvalue weighted by Crippen LogP contribution is -2.47. The molecule has 0 bridgehead atoms. The van der Waals surface area contributed by atoms with Gasteiger partial charge in [0.2, 0.25) is 5.91 Å². The van der Waals surface area contributed by atoms with Gasteiger partial charge in [-0.25, -0.2) is 0 Å². The highest BCUT2D eigenvalue weighted by Gasteiger charge is 2.23. The molecule has 0 heterocycles. The van der Waals surface area contributed by atoms with Crippen LogP contribution in [0.25, 0.3) is 0 Å². The first kappa shape index (κ1) is 16.4. The van der Waals surface area contributed by atoms with Crippen molar-refractivity contribution in [2.24, 2.45) is 11.7 Å². The lowest BCUT2D eigenvalue weighted by atomic mass is 10.1. The smallest absolute Gasteiger partial charge is 0.323 e. The normalized spacial score (nSPS) is 12.2. The summed E-state index contributed by atoms with van der Waals surface area (Å²) in [6.07, 6.45) is -0.210. The number of aliphatic carboxylic acids is 2. The van der Waals surface area contributed by atoms with Crippen molar-refractivity contribution in [3.8, 4) is 0 Å². The van der Waals surface area contributed by atoms with Crippen molar-refractivity contribution in [2.75, 3.05) is 13.1 Å². The molecule has 0 spiro atoms. The van der Waals surface area contributed by atoms with Crippen LogP contribution in [0.1, 0.15) is 26.7 Å². The van der Waals surface area contributed by atoms with Crippen molar-refractivity contribution in [1.82, 2.24) is 4.90 Å². The number of carbonyl (C=O) groups excluding carboxylic acids is 1. The monoisotopic (exact) mass is 260 g/mol. The average molecular weight is 260 g/mol. The molecule has 7 nitrogen and oxygen atoms in total. The van der Waals surface area contributed by atoms with Gasteiger partial charge in [-0.15, -0.1) is 0 Å². The Morgan fingerprint density at radius 1 is 1.17 bits per heavy atom. The Morgan fingerprint density at radius 3 is 2.11 bits per heavy atom. The molecule has 1 amide bonds. The molecule has 0 aromatic carbocycles. The minimum atomic E-state index is -1.12. The van der Waals surface area contributed by atoms with Crippen LogP contribution in [0.2, 0.25) is 0 Å². The number of carboxylic acids is 2. The second-order valence-electron chi connectivity index (χ2n) is 4.55. The SMILES string of the molecule is CC(C)CN(CC(=O)O)C(=O)C(N)CCC(=O)O. The molecule has 0 rings (SSSR count). The lowest BCUT2D eigenvalue weighted by Gasteiger charge is -2.25. The molecular formula is C11H20N2O5. The van der Waals surface area contributed by atoms with Crippen LogP contribution in [0.4, 0.5) is 0 Å². The zero-order valence-electron chi connectivity index (χ0n) is 10.6. The van der Waals surface area contributed by atoms with Crippen molar-refractivity contribution < 1.29 is 24.6 Å². The van der Waals surface area contributed by atoms with E-state index in [1.54, 1.807) is 0 Å². The quantitative estimate of drug-likeness (QED) is 0.553. The molecule has 0 saturated heterocycles. The summed E-state index contributed by atoms with van der Waals surface area (Å²) in [5, 5.41) is 17.2. The van der Waals surface area contributed by atoms with E-state index < -0.39 is 30.4 Å². The van der Waals surface area contributed by atoms with E-state index >= 15 is 0 Å². The molecule has 7 heteroatoms. The Hall–Kier alpha value is -1.63. The standard InChI is InChI=1S/C11H20N2O5/c1-7(2)5-13(6-10(16)17)11(18)8(12)3-4-9(14)15/h7-8H,3-6,12H2,1-2H3,(H,14,15)(H,16,17). The van der Waals surface area contributed by atoms with E-state index in [1.165, 1.54) is 0 Å². The fourth-order valence-electron chi connectivity index (χ4n) is 1.47. The molecule has 0 aromatic heterocycles. The Kier molecular flexibility index (Phi) is 6.96. The Labute approximate surface area is 106 Å². The number of hydrogen-bond donors (Lipinski definition) is 3. The van der Waals surface area contributed by atoms with E-state index in [1.807, 2.05) is 13.8 Å². The first-order valence-electron chi connectivity index (χ1n) is 5.72. The van der Waals surface area contributed by atoms with Crippen LogP contribution in [0.5, 0.6) is 0 Å². The van der Waals surface area contributed by atoms with Crippen molar-refractivity contribution in [3.05, 3.63) is 0 Å². The maximum absolute atomic E-state index is 11.9. The number of hydrogen-bond acceptors (Lipinski definition) is 4. The molecule has 0 fully saturated rings. The third kappa shape index (κ3) is 6.85. The van der Waals surface area contributed by atoms with Gasteiger partial charge in [0.05, 0.1) is 6.04 Å². The molecular weight excluding hydrogens is 240 g/mol. The molecule has 4 N–H and O–H groups in total. The van der Waals surface area contributed by atoms with E-state index in [9.17, 15) is 14.4 Å². The van der Waals surface area contributed by atoms with Crippen LogP contribution < -0.4 is 5.73 Å². The van der Waals surface area contributed by atoms with Gasteiger partial charge >= 0.3 is 11.9 Å². The van der Waals surface area contributed by atoms with Crippen LogP contribution in [0.15, 0.2) is 0 Å². The first-order chi connectivity index (χ1) is 8.23. The summed E-state index contributed by atoms with van der Waals surface area (Å²) in [5.41, 5.74) is 5.57. The summed E-state index contributed by atoms with van der Waals surface area (Å²) < 4.78 is 0. The molecule has 18 heavy (non-hydrogen) atoms. The second kappa shape index (κ2) is 7.65. The maximum atomic E-state index is 11.9. The van der Waals surface area contributed by atoms with E-state index in [0.717, 1.165) is 4.90 Å². The zero-order chi connectivity index (χ0) is 14.3. The Morgan fingerprint density at radius 2 is 1.72 bits per heavy atom. The van der Waals surface area contributed by atoms with E-state index in [0.29, 0.717) is 0 Å². The second-order valence-corrected chi connectivity index (χ2v) is 4.55.